The van der Waals surface area contributed by atoms with Crippen LogP contribution in [0, 0.1) is 5.82 Å². The van der Waals surface area contributed by atoms with E-state index < -0.39 is 0 Å². The van der Waals surface area contributed by atoms with Crippen LogP contribution in [0.3, 0.4) is 0 Å². The molecule has 1 atom stereocenters. The number of anilines is 2. The first kappa shape index (κ1) is 33.7. The number of fused-ring (bicyclic) bond motifs is 1. The molecule has 0 saturated carbocycles. The van der Waals surface area contributed by atoms with Crippen LogP contribution in [0.25, 0.3) is 11.0 Å². The van der Waals surface area contributed by atoms with E-state index in [1.165, 1.54) is 25.5 Å². The van der Waals surface area contributed by atoms with Gasteiger partial charge in [-0.2, -0.15) is 0 Å². The summed E-state index contributed by atoms with van der Waals surface area (Å²) in [5.41, 5.74) is 11.0. The lowest BCUT2D eigenvalue weighted by atomic mass is 9.98. The van der Waals surface area contributed by atoms with Gasteiger partial charge in [-0.05, 0) is 126 Å². The molecule has 7 nitrogen and oxygen atoms in total. The summed E-state index contributed by atoms with van der Waals surface area (Å²) in [6, 6.07) is 18.6. The van der Waals surface area contributed by atoms with Gasteiger partial charge in [0.05, 0.1) is 29.5 Å². The lowest BCUT2D eigenvalue weighted by molar-refractivity contribution is 0.220. The first-order valence-electron chi connectivity index (χ1n) is 15.8. The number of methoxy groups -OCH3 is 1. The van der Waals surface area contributed by atoms with Crippen molar-refractivity contribution in [3.63, 3.8) is 0 Å². The molecule has 3 aromatic carbocycles. The van der Waals surface area contributed by atoms with Crippen molar-refractivity contribution in [2.24, 2.45) is 0 Å². The van der Waals surface area contributed by atoms with E-state index >= 15 is 0 Å². The number of imidazole rings is 1. The second kappa shape index (κ2) is 15.3. The minimum atomic E-state index is -0.315. The van der Waals surface area contributed by atoms with Gasteiger partial charge in [0.15, 0.2) is 11.6 Å². The number of nitrogens with zero attached hydrogens (tertiary/aromatic N) is 4. The Bertz CT molecular complexity index is 1580. The zero-order valence-corrected chi connectivity index (χ0v) is 29.9. The number of aromatic nitrogens is 2. The van der Waals surface area contributed by atoms with Crippen LogP contribution in [0.4, 0.5) is 15.8 Å². The Morgan fingerprint density at radius 2 is 1.58 bits per heavy atom. The summed E-state index contributed by atoms with van der Waals surface area (Å²) < 4.78 is 23.7. The number of nitrogens with one attached hydrogen (secondary N) is 1. The van der Waals surface area contributed by atoms with E-state index in [0.29, 0.717) is 12.1 Å². The molecule has 2 aliphatic heterocycles. The van der Waals surface area contributed by atoms with E-state index in [1.807, 2.05) is 24.3 Å². The van der Waals surface area contributed by atoms with Crippen LogP contribution in [0.5, 0.6) is 5.75 Å². The van der Waals surface area contributed by atoms with Crippen molar-refractivity contribution in [2.75, 3.05) is 58.4 Å². The van der Waals surface area contributed by atoms with Crippen molar-refractivity contribution >= 4 is 54.3 Å². The van der Waals surface area contributed by atoms with Crippen LogP contribution in [-0.2, 0) is 6.42 Å². The third kappa shape index (κ3) is 8.58. The van der Waals surface area contributed by atoms with E-state index in [-0.39, 0.29) is 17.5 Å². The van der Waals surface area contributed by atoms with Gasteiger partial charge in [0.2, 0.25) is 0 Å². The number of rotatable bonds is 7. The molecule has 0 spiro atoms. The van der Waals surface area contributed by atoms with Gasteiger partial charge in [-0.1, -0.05) is 44.8 Å². The maximum Gasteiger partial charge on any atom is 0.165 e. The van der Waals surface area contributed by atoms with Crippen molar-refractivity contribution in [3.8, 4) is 5.75 Å². The summed E-state index contributed by atoms with van der Waals surface area (Å²) in [5, 5.41) is 3.52. The predicted octanol–water partition coefficient (Wildman–Crippen LogP) is 8.10. The van der Waals surface area contributed by atoms with Gasteiger partial charge in [0, 0.05) is 26.9 Å². The first-order chi connectivity index (χ1) is 21.6. The van der Waals surface area contributed by atoms with E-state index in [1.54, 1.807) is 12.1 Å². The summed E-state index contributed by atoms with van der Waals surface area (Å²) in [7, 11) is 5.84. The number of piperidine rings is 2. The molecular weight excluding hydrogens is 699 g/mol. The molecule has 4 aromatic rings. The Morgan fingerprint density at radius 3 is 2.22 bits per heavy atom. The van der Waals surface area contributed by atoms with Crippen molar-refractivity contribution in [3.05, 3.63) is 80.7 Å². The van der Waals surface area contributed by atoms with Gasteiger partial charge in [0.1, 0.15) is 5.82 Å². The fourth-order valence-corrected chi connectivity index (χ4v) is 7.12. The highest BCUT2D eigenvalue weighted by Crippen LogP contribution is 2.34. The Labute approximate surface area is 283 Å². The molecule has 2 fully saturated rings. The Balaban J connectivity index is 0.000000211. The molecule has 45 heavy (non-hydrogen) atoms. The molecule has 0 aliphatic carbocycles. The number of likely N-dealkylation sites (tertiary alicyclic amines) is 2. The van der Waals surface area contributed by atoms with Crippen LogP contribution in [0.2, 0.25) is 0 Å². The normalized spacial score (nSPS) is 17.6. The largest absolute Gasteiger partial charge is 0.494 e. The van der Waals surface area contributed by atoms with Gasteiger partial charge in [-0.25, -0.2) is 9.37 Å². The Morgan fingerprint density at radius 1 is 0.933 bits per heavy atom. The fraction of sp³-hybridized carbons (Fsp3) is 0.457. The van der Waals surface area contributed by atoms with E-state index in [2.05, 4.69) is 90.8 Å². The third-order valence-electron chi connectivity index (χ3n) is 9.02. The van der Waals surface area contributed by atoms with Crippen LogP contribution in [0.15, 0.2) is 63.5 Å². The Hall–Kier alpha value is -2.66. The van der Waals surface area contributed by atoms with Gasteiger partial charge >= 0.3 is 0 Å². The standard InChI is InChI=1S/C23H27BrFN3O.C12H18BrN3/c1-15(12-16-4-7-22(29-3)19(25)13-16)23-26-20-14-17(24)5-6-21(20)28(23)18-8-10-27(2)11-9-18;1-16-6-4-10(5-7-16)15-12-3-2-9(13)8-11(12)14/h4-7,13-15,18H,8-12H2,1-3H3;2-3,8,10,15H,4-7,14H2,1H3. The molecule has 3 heterocycles. The van der Waals surface area contributed by atoms with Crippen LogP contribution in [0.1, 0.15) is 56.0 Å². The van der Waals surface area contributed by atoms with Crippen molar-refractivity contribution in [2.45, 2.75) is 57.0 Å². The molecule has 2 aliphatic rings. The molecule has 1 unspecified atom stereocenters. The van der Waals surface area contributed by atoms with Crippen LogP contribution in [-0.4, -0.2) is 72.8 Å². The highest BCUT2D eigenvalue weighted by atomic mass is 79.9. The second-order valence-corrected chi connectivity index (χ2v) is 14.4. The number of hydrogen-bond acceptors (Lipinski definition) is 6. The molecule has 10 heteroatoms. The molecule has 0 radical (unpaired) electrons. The van der Waals surface area contributed by atoms with Gasteiger partial charge in [-0.15, -0.1) is 0 Å². The van der Waals surface area contributed by atoms with E-state index in [0.717, 1.165) is 82.7 Å². The number of nitrogen functional groups attached to an aromatic ring is 1. The van der Waals surface area contributed by atoms with E-state index in [4.69, 9.17) is 15.5 Å². The zero-order chi connectivity index (χ0) is 32.1. The number of nitrogens with two attached hydrogens (primary N) is 1. The lowest BCUT2D eigenvalue weighted by Crippen LogP contribution is -2.36. The highest BCUT2D eigenvalue weighted by molar-refractivity contribution is 9.10. The minimum absolute atomic E-state index is 0.175. The van der Waals surface area contributed by atoms with Crippen molar-refractivity contribution in [1.82, 2.24) is 19.4 Å². The molecule has 0 bridgehead atoms. The number of ether oxygens (including phenoxy) is 1. The van der Waals surface area contributed by atoms with Gasteiger partial charge < -0.3 is 30.2 Å². The molecule has 3 N–H and O–H groups in total. The van der Waals surface area contributed by atoms with Gasteiger partial charge in [-0.3, -0.25) is 0 Å². The third-order valence-corrected chi connectivity index (χ3v) is 10.0. The van der Waals surface area contributed by atoms with Gasteiger partial charge in [0.25, 0.3) is 0 Å². The molecule has 242 valence electrons. The minimum Gasteiger partial charge on any atom is -0.494 e. The zero-order valence-electron chi connectivity index (χ0n) is 26.7. The fourth-order valence-electron chi connectivity index (χ4n) is 6.39. The first-order valence-corrected chi connectivity index (χ1v) is 17.4. The average Bonchev–Trinajstić information content (AvgIpc) is 3.39. The second-order valence-electron chi connectivity index (χ2n) is 12.5. The SMILES string of the molecule is CN1CCC(Nc2ccc(Br)cc2N)CC1.COc1ccc(CC(C)c2nc3cc(Br)ccc3n2C2CCN(C)CC2)cc1F. The monoisotopic (exact) mass is 742 g/mol. The van der Waals surface area contributed by atoms with Crippen LogP contribution < -0.4 is 15.8 Å². The number of hydrogen-bond donors (Lipinski definition) is 2. The molecule has 0 amide bonds. The summed E-state index contributed by atoms with van der Waals surface area (Å²) in [6.07, 6.45) is 5.35. The van der Waals surface area contributed by atoms with Crippen LogP contribution >= 0.6 is 31.9 Å². The maximum atomic E-state index is 14.2. The maximum absolute atomic E-state index is 14.2. The summed E-state index contributed by atoms with van der Waals surface area (Å²) in [5.74, 6) is 1.23. The quantitative estimate of drug-likeness (QED) is 0.187. The summed E-state index contributed by atoms with van der Waals surface area (Å²) in [4.78, 5) is 9.77. The average molecular weight is 745 g/mol. The summed E-state index contributed by atoms with van der Waals surface area (Å²) >= 11 is 6.99. The number of benzene rings is 3. The molecule has 6 rings (SSSR count). The summed E-state index contributed by atoms with van der Waals surface area (Å²) in [6.45, 7) is 6.70. The Kier molecular flexibility index (Phi) is 11.4. The highest BCUT2D eigenvalue weighted by Gasteiger charge is 2.26. The lowest BCUT2D eigenvalue weighted by Gasteiger charge is -2.32. The van der Waals surface area contributed by atoms with E-state index in [9.17, 15) is 4.39 Å². The predicted molar refractivity (Wildman–Crippen MR) is 191 cm³/mol. The molecule has 2 saturated heterocycles. The topological polar surface area (TPSA) is 71.6 Å². The number of halogens is 3. The molecule has 1 aromatic heterocycles. The smallest absolute Gasteiger partial charge is 0.165 e. The molecular formula is C35H45Br2FN6O. The van der Waals surface area contributed by atoms with Crippen molar-refractivity contribution in [1.29, 1.82) is 0 Å². The van der Waals surface area contributed by atoms with Crippen molar-refractivity contribution < 1.29 is 9.13 Å².